The summed E-state index contributed by atoms with van der Waals surface area (Å²) in [5.74, 6) is -6.73. The number of alkyl halides is 5. The lowest BCUT2D eigenvalue weighted by molar-refractivity contribution is -0.275. The maximum Gasteiger partial charge on any atom is 0.573 e. The van der Waals surface area contributed by atoms with Gasteiger partial charge in [-0.3, -0.25) is 0 Å². The quantitative estimate of drug-likeness (QED) is 0.104. The van der Waals surface area contributed by atoms with Crippen molar-refractivity contribution in [1.29, 1.82) is 0 Å². The van der Waals surface area contributed by atoms with Crippen molar-refractivity contribution in [2.45, 2.75) is 32.2 Å². The summed E-state index contributed by atoms with van der Waals surface area (Å²) in [7, 11) is 0. The Morgan fingerprint density at radius 1 is 0.745 bits per heavy atom. The molecule has 246 valence electrons. The Morgan fingerprint density at radius 3 is 1.91 bits per heavy atom. The van der Waals surface area contributed by atoms with Crippen LogP contribution in [0.3, 0.4) is 0 Å². The lowest BCUT2D eigenvalue weighted by Gasteiger charge is -2.21. The van der Waals surface area contributed by atoms with E-state index in [1.165, 1.54) is 6.08 Å². The Kier molecular flexibility index (Phi) is 10.2. The van der Waals surface area contributed by atoms with Gasteiger partial charge in [-0.05, 0) is 78.9 Å². The Morgan fingerprint density at radius 2 is 1.36 bits per heavy atom. The predicted molar refractivity (Wildman–Crippen MR) is 150 cm³/mol. The van der Waals surface area contributed by atoms with Crippen molar-refractivity contribution in [3.05, 3.63) is 129 Å². The molecule has 0 saturated carbocycles. The van der Waals surface area contributed by atoms with Crippen LogP contribution >= 0.6 is 11.6 Å². The van der Waals surface area contributed by atoms with Crippen LogP contribution in [-0.2, 0) is 12.5 Å². The molecule has 0 aliphatic rings. The van der Waals surface area contributed by atoms with Gasteiger partial charge in [-0.15, -0.1) is 19.8 Å². The third-order valence-corrected chi connectivity index (χ3v) is 6.70. The van der Waals surface area contributed by atoms with Crippen LogP contribution in [0, 0.1) is 53.7 Å². The summed E-state index contributed by atoms with van der Waals surface area (Å²) >= 11 is 5.62. The number of aryl methyl sites for hydroxylation is 2. The van der Waals surface area contributed by atoms with Crippen LogP contribution in [0.4, 0.5) is 48.3 Å². The topological polar surface area (TPSA) is 18.5 Å². The van der Waals surface area contributed by atoms with Gasteiger partial charge >= 0.3 is 12.5 Å². The number of halogens is 12. The molecule has 0 radical (unpaired) electrons. The second-order valence-corrected chi connectivity index (χ2v) is 10.3. The van der Waals surface area contributed by atoms with Crippen LogP contribution in [0.1, 0.15) is 34.2 Å². The molecule has 4 rings (SSSR count). The summed E-state index contributed by atoms with van der Waals surface area (Å²) in [5.41, 5.74) is -4.25. The second-order valence-electron chi connectivity index (χ2n) is 9.86. The van der Waals surface area contributed by atoms with Crippen molar-refractivity contribution in [3.63, 3.8) is 0 Å². The van der Waals surface area contributed by atoms with E-state index in [0.717, 1.165) is 31.2 Å². The molecule has 0 saturated heterocycles. The molecule has 0 spiro atoms. The van der Waals surface area contributed by atoms with Crippen molar-refractivity contribution < 1.29 is 57.8 Å². The van der Waals surface area contributed by atoms with E-state index in [0.29, 0.717) is 30.7 Å². The number of hydrogen-bond acceptors (Lipinski definition) is 2. The highest BCUT2D eigenvalue weighted by Crippen LogP contribution is 2.39. The fourth-order valence-corrected chi connectivity index (χ4v) is 4.60. The van der Waals surface area contributed by atoms with Gasteiger partial charge in [-0.1, -0.05) is 29.5 Å². The monoisotopic (exact) mass is 690 g/mol. The van der Waals surface area contributed by atoms with E-state index in [-0.39, 0.29) is 23.1 Å². The SMILES string of the molecule is C=CCCc1cc(F)c(-c2cc(F)c(C(F)(F)Oc3cc(F)c(C#Cc4cc(F)c(OC(F)(F)F)c(Cl)c4)cc3C)c(F)c2)c(F)c1. The molecule has 0 aliphatic heterocycles. The Bertz CT molecular complexity index is 1860. The molecule has 0 aromatic heterocycles. The fraction of sp³-hybridized carbons (Fsp3) is 0.152. The molecule has 0 fully saturated rings. The van der Waals surface area contributed by atoms with Gasteiger partial charge in [0.15, 0.2) is 11.6 Å². The maximum atomic E-state index is 15.1. The summed E-state index contributed by atoms with van der Waals surface area (Å²) in [5, 5.41) is -0.797. The molecule has 2 nitrogen and oxygen atoms in total. The first kappa shape index (κ1) is 35.2. The first-order valence-electron chi connectivity index (χ1n) is 13.1. The van der Waals surface area contributed by atoms with E-state index >= 15 is 8.78 Å². The molecule has 4 aromatic rings. The molecule has 0 heterocycles. The van der Waals surface area contributed by atoms with Crippen molar-refractivity contribution >= 4 is 11.6 Å². The standard InChI is InChI=1S/C33H18ClF11O2/c1-3-4-5-17-10-23(36)29(24(37)11-17)20-13-25(38)30(26(39)14-20)32(41,42)46-28-15-22(35)19(8-16(28)2)7-6-18-9-21(34)31(27(40)12-18)47-33(43,44)45/h3,8-15H,1,4-5H2,2H3. The largest absolute Gasteiger partial charge is 0.573 e. The van der Waals surface area contributed by atoms with Crippen molar-refractivity contribution in [1.82, 2.24) is 0 Å². The number of rotatable bonds is 8. The van der Waals surface area contributed by atoms with E-state index in [1.807, 2.05) is 0 Å². The molecule has 0 aliphatic carbocycles. The minimum Gasteiger partial charge on any atom is -0.428 e. The lowest BCUT2D eigenvalue weighted by atomic mass is 9.98. The molecule has 0 atom stereocenters. The van der Waals surface area contributed by atoms with Gasteiger partial charge in [0.25, 0.3) is 0 Å². The van der Waals surface area contributed by atoms with Gasteiger partial charge in [0.1, 0.15) is 40.4 Å². The van der Waals surface area contributed by atoms with Gasteiger partial charge in [-0.25, -0.2) is 26.3 Å². The number of hydrogen-bond donors (Lipinski definition) is 0. The first-order chi connectivity index (χ1) is 21.9. The predicted octanol–water partition coefficient (Wildman–Crippen LogP) is 10.7. The smallest absolute Gasteiger partial charge is 0.428 e. The van der Waals surface area contributed by atoms with Crippen LogP contribution in [-0.4, -0.2) is 6.36 Å². The zero-order chi connectivity index (χ0) is 34.8. The van der Waals surface area contributed by atoms with Crippen molar-refractivity contribution in [2.75, 3.05) is 0 Å². The minimum atomic E-state index is -5.24. The second kappa shape index (κ2) is 13.6. The van der Waals surface area contributed by atoms with Crippen LogP contribution in [0.2, 0.25) is 5.02 Å². The molecule has 0 unspecified atom stereocenters. The van der Waals surface area contributed by atoms with Crippen molar-refractivity contribution in [2.24, 2.45) is 0 Å². The number of benzene rings is 4. The van der Waals surface area contributed by atoms with E-state index in [1.54, 1.807) is 0 Å². The van der Waals surface area contributed by atoms with Crippen LogP contribution < -0.4 is 9.47 Å². The number of ether oxygens (including phenoxy) is 2. The van der Waals surface area contributed by atoms with Crippen molar-refractivity contribution in [3.8, 4) is 34.5 Å². The summed E-state index contributed by atoms with van der Waals surface area (Å²) < 4.78 is 164. The molecule has 0 amide bonds. The van der Waals surface area contributed by atoms with Gasteiger partial charge in [0, 0.05) is 11.6 Å². The Hall–Kier alpha value is -4.70. The van der Waals surface area contributed by atoms with Gasteiger partial charge < -0.3 is 9.47 Å². The van der Waals surface area contributed by atoms with E-state index in [2.05, 4.69) is 27.9 Å². The summed E-state index contributed by atoms with van der Waals surface area (Å²) in [4.78, 5) is 0. The third-order valence-electron chi connectivity index (χ3n) is 6.42. The highest BCUT2D eigenvalue weighted by atomic mass is 35.5. The molecule has 47 heavy (non-hydrogen) atoms. The van der Waals surface area contributed by atoms with E-state index in [9.17, 15) is 39.5 Å². The summed E-state index contributed by atoms with van der Waals surface area (Å²) in [6, 6.07) is 5.11. The molecule has 0 bridgehead atoms. The molecular formula is C33H18ClF11O2. The number of allylic oxidation sites excluding steroid dienone is 1. The third kappa shape index (κ3) is 8.18. The molecular weight excluding hydrogens is 673 g/mol. The average Bonchev–Trinajstić information content (AvgIpc) is 2.93. The average molecular weight is 691 g/mol. The van der Waals surface area contributed by atoms with Gasteiger partial charge in [0.05, 0.1) is 16.1 Å². The van der Waals surface area contributed by atoms with E-state index < -0.39 is 86.1 Å². The molecule has 14 heteroatoms. The van der Waals surface area contributed by atoms with Crippen LogP contribution in [0.5, 0.6) is 11.5 Å². The highest BCUT2D eigenvalue weighted by Gasteiger charge is 2.42. The minimum absolute atomic E-state index is 0.216. The van der Waals surface area contributed by atoms with Crippen LogP contribution in [0.15, 0.2) is 61.2 Å². The molecule has 4 aromatic carbocycles. The van der Waals surface area contributed by atoms with Crippen LogP contribution in [0.25, 0.3) is 11.1 Å². The van der Waals surface area contributed by atoms with Gasteiger partial charge in [0.2, 0.25) is 0 Å². The summed E-state index contributed by atoms with van der Waals surface area (Å²) in [6.07, 6.45) is -7.87. The highest BCUT2D eigenvalue weighted by molar-refractivity contribution is 6.32. The first-order valence-corrected chi connectivity index (χ1v) is 13.5. The normalized spacial score (nSPS) is 11.6. The maximum absolute atomic E-state index is 15.1. The zero-order valence-corrected chi connectivity index (χ0v) is 24.4. The zero-order valence-electron chi connectivity index (χ0n) is 23.7. The van der Waals surface area contributed by atoms with E-state index in [4.69, 9.17) is 11.6 Å². The molecule has 0 N–H and O–H groups in total. The lowest BCUT2D eigenvalue weighted by Crippen LogP contribution is -2.25. The van der Waals surface area contributed by atoms with Gasteiger partial charge in [-0.2, -0.15) is 8.78 Å². The Labute approximate surface area is 265 Å². The Balaban J connectivity index is 1.61. The summed E-state index contributed by atoms with van der Waals surface area (Å²) in [6.45, 7) is 4.65. The fourth-order valence-electron chi connectivity index (χ4n) is 4.35.